The van der Waals surface area contributed by atoms with Gasteiger partial charge in [-0.15, -0.1) is 0 Å². The Morgan fingerprint density at radius 2 is 2.05 bits per heavy atom. The van der Waals surface area contributed by atoms with Gasteiger partial charge >= 0.3 is 0 Å². The van der Waals surface area contributed by atoms with Crippen LogP contribution in [0.4, 0.5) is 5.69 Å². The van der Waals surface area contributed by atoms with Crippen molar-refractivity contribution in [1.29, 1.82) is 0 Å². The molecule has 0 spiro atoms. The van der Waals surface area contributed by atoms with Crippen LogP contribution < -0.4 is 4.74 Å². The summed E-state index contributed by atoms with van der Waals surface area (Å²) in [7, 11) is 1.64. The van der Waals surface area contributed by atoms with E-state index >= 15 is 0 Å². The number of benzene rings is 1. The van der Waals surface area contributed by atoms with Gasteiger partial charge in [0, 0.05) is 17.3 Å². The molecule has 21 heavy (non-hydrogen) atoms. The number of halogens is 1. The van der Waals surface area contributed by atoms with E-state index in [-0.39, 0.29) is 0 Å². The molecule has 4 nitrogen and oxygen atoms in total. The average molecular weight is 300 g/mol. The van der Waals surface area contributed by atoms with Gasteiger partial charge < -0.3 is 14.7 Å². The van der Waals surface area contributed by atoms with E-state index in [1.165, 1.54) is 0 Å². The summed E-state index contributed by atoms with van der Waals surface area (Å²) < 4.78 is 5.37. The largest absolute Gasteiger partial charge is 0.494 e. The van der Waals surface area contributed by atoms with Crippen molar-refractivity contribution >= 4 is 23.5 Å². The van der Waals surface area contributed by atoms with Crippen molar-refractivity contribution in [3.63, 3.8) is 0 Å². The lowest BCUT2D eigenvalue weighted by Gasteiger charge is -1.97. The van der Waals surface area contributed by atoms with E-state index in [1.54, 1.807) is 19.4 Å². The van der Waals surface area contributed by atoms with Crippen LogP contribution in [0.2, 0.25) is 5.02 Å². The van der Waals surface area contributed by atoms with E-state index in [0.717, 1.165) is 28.5 Å². The summed E-state index contributed by atoms with van der Waals surface area (Å²) in [5, 5.41) is 0.662. The zero-order valence-corrected chi connectivity index (χ0v) is 12.2. The van der Waals surface area contributed by atoms with E-state index < -0.39 is 0 Å². The van der Waals surface area contributed by atoms with E-state index in [0.29, 0.717) is 5.02 Å². The van der Waals surface area contributed by atoms with E-state index in [4.69, 9.17) is 16.3 Å². The quantitative estimate of drug-likeness (QED) is 0.688. The third-order valence-corrected chi connectivity index (χ3v) is 3.30. The summed E-state index contributed by atoms with van der Waals surface area (Å²) in [6, 6.07) is 13.3. The first-order valence-electron chi connectivity index (χ1n) is 6.46. The zero-order valence-electron chi connectivity index (χ0n) is 11.4. The van der Waals surface area contributed by atoms with Crippen molar-refractivity contribution in [3.05, 3.63) is 59.4 Å². The summed E-state index contributed by atoms with van der Waals surface area (Å²) in [6.07, 6.45) is 3.61. The second-order valence-corrected chi connectivity index (χ2v) is 4.92. The van der Waals surface area contributed by atoms with Crippen LogP contribution in [-0.4, -0.2) is 23.3 Å². The van der Waals surface area contributed by atoms with Crippen molar-refractivity contribution in [2.75, 3.05) is 7.11 Å². The van der Waals surface area contributed by atoms with Crippen LogP contribution in [0, 0.1) is 0 Å². The maximum absolute atomic E-state index is 5.95. The molecule has 5 heteroatoms. The minimum Gasteiger partial charge on any atom is -0.494 e. The van der Waals surface area contributed by atoms with Crippen molar-refractivity contribution in [3.8, 4) is 17.1 Å². The topological polar surface area (TPSA) is 53.2 Å². The zero-order chi connectivity index (χ0) is 14.7. The van der Waals surface area contributed by atoms with Crippen LogP contribution in [0.3, 0.4) is 0 Å². The van der Waals surface area contributed by atoms with E-state index in [2.05, 4.69) is 15.0 Å². The molecule has 0 radical (unpaired) electrons. The molecule has 0 aliphatic carbocycles. The Labute approximate surface area is 127 Å². The van der Waals surface area contributed by atoms with Gasteiger partial charge in [0.2, 0.25) is 0 Å². The lowest BCUT2D eigenvalue weighted by Crippen LogP contribution is -1.87. The van der Waals surface area contributed by atoms with Gasteiger partial charge in [-0.2, -0.15) is 0 Å². The molecule has 0 amide bonds. The molecular formula is C16H14ClN3O. The van der Waals surface area contributed by atoms with Gasteiger partial charge in [0.05, 0.1) is 36.1 Å². The summed E-state index contributed by atoms with van der Waals surface area (Å²) in [5.74, 6) is 0.741. The molecule has 0 aliphatic rings. The molecule has 0 fully saturated rings. The standard InChI is InChI=1S/C16H14ClN3O/c1-21-16-9-14(13-6-3-7-18-13)20-15(16)10-19-12-5-2-4-11(17)8-12/h2-10,18,20H,1H3. The summed E-state index contributed by atoms with van der Waals surface area (Å²) in [6.45, 7) is 0. The number of aromatic nitrogens is 2. The summed E-state index contributed by atoms with van der Waals surface area (Å²) in [4.78, 5) is 10.8. The minimum absolute atomic E-state index is 0.662. The lowest BCUT2D eigenvalue weighted by molar-refractivity contribution is 0.415. The van der Waals surface area contributed by atoms with Gasteiger partial charge in [0.15, 0.2) is 0 Å². The minimum atomic E-state index is 0.662. The number of methoxy groups -OCH3 is 1. The molecule has 2 N–H and O–H groups in total. The van der Waals surface area contributed by atoms with Crippen molar-refractivity contribution < 1.29 is 4.74 Å². The number of H-pyrrole nitrogens is 2. The van der Waals surface area contributed by atoms with Crippen LogP contribution >= 0.6 is 11.6 Å². The van der Waals surface area contributed by atoms with E-state index in [9.17, 15) is 0 Å². The van der Waals surface area contributed by atoms with Gasteiger partial charge in [0.25, 0.3) is 0 Å². The fourth-order valence-electron chi connectivity index (χ4n) is 2.05. The van der Waals surface area contributed by atoms with Crippen LogP contribution in [0.1, 0.15) is 5.69 Å². The Balaban J connectivity index is 1.91. The number of nitrogens with one attached hydrogen (secondary N) is 2. The first-order chi connectivity index (χ1) is 10.3. The first kappa shape index (κ1) is 13.5. The molecule has 2 heterocycles. The van der Waals surface area contributed by atoms with Crippen LogP contribution in [-0.2, 0) is 0 Å². The second kappa shape index (κ2) is 5.89. The Morgan fingerprint density at radius 1 is 1.14 bits per heavy atom. The smallest absolute Gasteiger partial charge is 0.146 e. The van der Waals surface area contributed by atoms with Crippen LogP contribution in [0.25, 0.3) is 11.4 Å². The molecule has 0 saturated carbocycles. The fraction of sp³-hybridized carbons (Fsp3) is 0.0625. The molecule has 1 aromatic carbocycles. The third-order valence-electron chi connectivity index (χ3n) is 3.07. The molecule has 0 bridgehead atoms. The SMILES string of the molecule is COc1cc(-c2ccc[nH]2)[nH]c1C=Nc1cccc(Cl)c1. The molecule has 0 aliphatic heterocycles. The number of aromatic amines is 2. The van der Waals surface area contributed by atoms with Crippen molar-refractivity contribution in [2.45, 2.75) is 0 Å². The van der Waals surface area contributed by atoms with Crippen LogP contribution in [0.15, 0.2) is 53.7 Å². The Hall–Kier alpha value is -2.46. The maximum atomic E-state index is 5.95. The predicted octanol–water partition coefficient (Wildman–Crippen LogP) is 4.42. The summed E-state index contributed by atoms with van der Waals surface area (Å²) >= 11 is 5.95. The molecule has 2 aromatic heterocycles. The number of nitrogens with zero attached hydrogens (tertiary/aromatic N) is 1. The normalized spacial score (nSPS) is 11.1. The molecule has 106 valence electrons. The Bertz CT molecular complexity index is 760. The van der Waals surface area contributed by atoms with Crippen molar-refractivity contribution in [1.82, 2.24) is 9.97 Å². The molecule has 0 saturated heterocycles. The van der Waals surface area contributed by atoms with Gasteiger partial charge in [-0.25, -0.2) is 0 Å². The highest BCUT2D eigenvalue weighted by atomic mass is 35.5. The number of hydrogen-bond donors (Lipinski definition) is 2. The highest BCUT2D eigenvalue weighted by Gasteiger charge is 2.08. The summed E-state index contributed by atoms with van der Waals surface area (Å²) in [5.41, 5.74) is 3.54. The second-order valence-electron chi connectivity index (χ2n) is 4.49. The molecule has 3 aromatic rings. The molecule has 3 rings (SSSR count). The third kappa shape index (κ3) is 3.01. The van der Waals surface area contributed by atoms with Crippen LogP contribution in [0.5, 0.6) is 5.75 Å². The maximum Gasteiger partial charge on any atom is 0.146 e. The first-order valence-corrected chi connectivity index (χ1v) is 6.84. The molecule has 0 unspecified atom stereocenters. The highest BCUT2D eigenvalue weighted by molar-refractivity contribution is 6.30. The van der Waals surface area contributed by atoms with Gasteiger partial charge in [-0.1, -0.05) is 17.7 Å². The van der Waals surface area contributed by atoms with Crippen molar-refractivity contribution in [2.24, 2.45) is 4.99 Å². The lowest BCUT2D eigenvalue weighted by atomic mass is 10.3. The Morgan fingerprint density at radius 3 is 2.76 bits per heavy atom. The molecule has 0 atom stereocenters. The monoisotopic (exact) mass is 299 g/mol. The average Bonchev–Trinajstić information content (AvgIpc) is 3.14. The predicted molar refractivity (Wildman–Crippen MR) is 85.8 cm³/mol. The Kier molecular flexibility index (Phi) is 3.79. The molecular weight excluding hydrogens is 286 g/mol. The number of aliphatic imine (C=N–C) groups is 1. The van der Waals surface area contributed by atoms with E-state index in [1.807, 2.05) is 42.6 Å². The highest BCUT2D eigenvalue weighted by Crippen LogP contribution is 2.26. The number of rotatable bonds is 4. The van der Waals surface area contributed by atoms with Gasteiger partial charge in [0.1, 0.15) is 5.75 Å². The number of hydrogen-bond acceptors (Lipinski definition) is 2. The number of ether oxygens (including phenoxy) is 1. The van der Waals surface area contributed by atoms with Gasteiger partial charge in [-0.3, -0.25) is 4.99 Å². The fourth-order valence-corrected chi connectivity index (χ4v) is 2.24. The van der Waals surface area contributed by atoms with Gasteiger partial charge in [-0.05, 0) is 30.3 Å².